The SMILES string of the molecule is N[C@H]1CN2C(NC(=O)OCC(Cl)(Cl)Cl)=N[C@@H](CBr)[C@@H]3N=C(NS(=O)(=O)OCC(Cl)(Cl)Cl)N[C@@]32[C@H]1O.O=C(O)C(F)(F)F. The van der Waals surface area contributed by atoms with Crippen LogP contribution in [0.3, 0.4) is 0 Å². The van der Waals surface area contributed by atoms with Crippen molar-refractivity contribution in [1.29, 1.82) is 0 Å². The molecule has 0 aromatic rings. The van der Waals surface area contributed by atoms with E-state index in [2.05, 4.69) is 45.5 Å². The molecule has 0 aromatic carbocycles. The molecule has 7 N–H and O–H groups in total. The fourth-order valence-corrected chi connectivity index (χ4v) is 5.48. The molecule has 0 aliphatic carbocycles. The van der Waals surface area contributed by atoms with Crippen LogP contribution in [0.2, 0.25) is 0 Å². The first-order valence-electron chi connectivity index (χ1n) is 10.7. The minimum Gasteiger partial charge on any atom is -0.475 e. The van der Waals surface area contributed by atoms with Gasteiger partial charge in [0.15, 0.2) is 5.66 Å². The third-order valence-electron chi connectivity index (χ3n) is 5.22. The van der Waals surface area contributed by atoms with Crippen molar-refractivity contribution in [2.75, 3.05) is 25.1 Å². The largest absolute Gasteiger partial charge is 0.490 e. The molecule has 0 unspecified atom stereocenters. The lowest BCUT2D eigenvalue weighted by Crippen LogP contribution is -2.73. The topological polar surface area (TPSA) is 217 Å². The van der Waals surface area contributed by atoms with Crippen LogP contribution < -0.4 is 21.1 Å². The molecule has 0 bridgehead atoms. The Balaban J connectivity index is 0.000000782. The van der Waals surface area contributed by atoms with Crippen LogP contribution in [0.25, 0.3) is 0 Å². The van der Waals surface area contributed by atoms with Gasteiger partial charge in [-0.05, 0) is 0 Å². The molecule has 0 radical (unpaired) electrons. The van der Waals surface area contributed by atoms with Gasteiger partial charge in [-0.25, -0.2) is 28.5 Å². The summed E-state index contributed by atoms with van der Waals surface area (Å²) in [6.07, 6.45) is -7.36. The van der Waals surface area contributed by atoms with E-state index in [-0.39, 0.29) is 23.8 Å². The molecule has 1 amide bonds. The maximum Gasteiger partial charge on any atom is 0.490 e. The maximum absolute atomic E-state index is 12.3. The number of nitrogens with zero attached hydrogens (tertiary/aromatic N) is 3. The van der Waals surface area contributed by atoms with Gasteiger partial charge >= 0.3 is 28.5 Å². The minimum atomic E-state index is -5.08. The van der Waals surface area contributed by atoms with E-state index in [9.17, 15) is 31.5 Å². The standard InChI is InChI=1S/C14H18BrCl6N7O6S.C2HF3O2/c15-1-6-7-14(26-9(24-7)27-35(31,32)34-4-13(19,20)21)8(29)5(22)2-28(14)10(23-6)25-11(30)33-3-12(16,17)18;3-2(4,5)1(6)7/h5-8,29H,1-4,22H2,(H,23,25,30)(H2,24,26,27);(H,6,7)/t5-,6-,7-,8-,14-;/m0./s1. The number of nitrogens with two attached hydrogens (primary N) is 1. The molecule has 1 saturated heterocycles. The zero-order chi connectivity index (χ0) is 32.5. The van der Waals surface area contributed by atoms with Gasteiger partial charge in [-0.2, -0.15) is 21.6 Å². The molecule has 3 rings (SSSR count). The Morgan fingerprint density at radius 2 is 1.71 bits per heavy atom. The summed E-state index contributed by atoms with van der Waals surface area (Å²) in [5.74, 6) is -3.09. The van der Waals surface area contributed by atoms with Gasteiger partial charge in [0.1, 0.15) is 25.4 Å². The number of guanidine groups is 2. The van der Waals surface area contributed by atoms with E-state index >= 15 is 0 Å². The molecule has 1 spiro atoms. The number of aliphatic imine (C=N–C) groups is 2. The highest BCUT2D eigenvalue weighted by atomic mass is 79.9. The second kappa shape index (κ2) is 13.8. The third-order valence-corrected chi connectivity index (χ3v) is 7.41. The summed E-state index contributed by atoms with van der Waals surface area (Å²) in [5, 5.41) is 23.6. The van der Waals surface area contributed by atoms with Crippen molar-refractivity contribution >= 4 is 120 Å². The smallest absolute Gasteiger partial charge is 0.475 e. The number of nitrogens with one attached hydrogen (secondary N) is 3. The minimum absolute atomic E-state index is 0.00254. The number of rotatable bonds is 5. The van der Waals surface area contributed by atoms with Crippen LogP contribution in [-0.4, -0.2) is 116 Å². The number of carboxylic acid groups (broad SMARTS) is 1. The lowest BCUT2D eigenvalue weighted by Gasteiger charge is -2.46. The predicted octanol–water partition coefficient (Wildman–Crippen LogP) is 1.10. The summed E-state index contributed by atoms with van der Waals surface area (Å²) in [5.41, 5.74) is 4.60. The molecule has 3 aliphatic rings. The van der Waals surface area contributed by atoms with E-state index in [0.717, 1.165) is 0 Å². The van der Waals surface area contributed by atoms with Crippen molar-refractivity contribution in [2.45, 2.75) is 43.7 Å². The van der Waals surface area contributed by atoms with E-state index < -0.39 is 79.2 Å². The number of halogens is 10. The second-order valence-electron chi connectivity index (χ2n) is 8.32. The molecular weight excluding hydrogens is 800 g/mol. The zero-order valence-corrected chi connectivity index (χ0v) is 27.0. The van der Waals surface area contributed by atoms with Gasteiger partial charge in [0.05, 0.1) is 12.1 Å². The van der Waals surface area contributed by atoms with E-state index in [1.165, 1.54) is 4.90 Å². The van der Waals surface area contributed by atoms with Crippen molar-refractivity contribution in [1.82, 2.24) is 20.3 Å². The summed E-state index contributed by atoms with van der Waals surface area (Å²) >= 11 is 36.7. The van der Waals surface area contributed by atoms with Gasteiger partial charge in [0, 0.05) is 11.9 Å². The van der Waals surface area contributed by atoms with Crippen molar-refractivity contribution in [3.8, 4) is 0 Å². The summed E-state index contributed by atoms with van der Waals surface area (Å²) in [7, 11) is -4.49. The number of carboxylic acids is 1. The number of alkyl halides is 10. The van der Waals surface area contributed by atoms with E-state index in [1.54, 1.807) is 0 Å². The van der Waals surface area contributed by atoms with Crippen molar-refractivity contribution in [3.63, 3.8) is 0 Å². The van der Waals surface area contributed by atoms with Crippen LogP contribution in [-0.2, 0) is 24.0 Å². The van der Waals surface area contributed by atoms with Crippen molar-refractivity contribution in [2.24, 2.45) is 15.7 Å². The Bertz CT molecular complexity index is 1210. The first kappa shape index (κ1) is 37.5. The number of carbonyl (C=O) groups excluding carboxylic acids is 1. The molecule has 42 heavy (non-hydrogen) atoms. The number of aliphatic carboxylic acids is 1. The highest BCUT2D eigenvalue weighted by molar-refractivity contribution is 9.09. The van der Waals surface area contributed by atoms with Crippen LogP contribution in [0.15, 0.2) is 9.98 Å². The van der Waals surface area contributed by atoms with Gasteiger partial charge in [0.25, 0.3) is 0 Å². The average Bonchev–Trinajstić information content (AvgIpc) is 3.31. The molecular formula is C16H19BrCl6F3N7O8S. The van der Waals surface area contributed by atoms with E-state index in [4.69, 9.17) is 90.0 Å². The number of carbonyl (C=O) groups is 2. The number of hydrogen-bond donors (Lipinski definition) is 6. The lowest BCUT2D eigenvalue weighted by atomic mass is 9.89. The van der Waals surface area contributed by atoms with Crippen molar-refractivity contribution in [3.05, 3.63) is 0 Å². The Labute approximate surface area is 273 Å². The monoisotopic (exact) mass is 815 g/mol. The summed E-state index contributed by atoms with van der Waals surface area (Å²) < 4.78 is 64.1. The first-order chi connectivity index (χ1) is 18.9. The number of amides is 1. The number of hydrogen-bond acceptors (Lipinski definition) is 12. The van der Waals surface area contributed by atoms with Crippen LogP contribution >= 0.6 is 85.5 Å². The van der Waals surface area contributed by atoms with Gasteiger partial charge in [-0.1, -0.05) is 85.5 Å². The normalized spacial score (nSPS) is 27.4. The molecule has 0 saturated carbocycles. The predicted molar refractivity (Wildman–Crippen MR) is 150 cm³/mol. The summed E-state index contributed by atoms with van der Waals surface area (Å²) in [6.45, 7) is -1.31. The number of aliphatic hydroxyl groups is 1. The van der Waals surface area contributed by atoms with Gasteiger partial charge < -0.3 is 30.9 Å². The van der Waals surface area contributed by atoms with Gasteiger partial charge in [-0.3, -0.25) is 5.32 Å². The molecule has 3 aliphatic heterocycles. The maximum atomic E-state index is 12.3. The Morgan fingerprint density at radius 1 is 1.17 bits per heavy atom. The lowest BCUT2D eigenvalue weighted by molar-refractivity contribution is -0.192. The number of aliphatic hydroxyl groups excluding tert-OH is 1. The highest BCUT2D eigenvalue weighted by Crippen LogP contribution is 2.40. The van der Waals surface area contributed by atoms with Crippen LogP contribution in [0, 0.1) is 0 Å². The fraction of sp³-hybridized carbons (Fsp3) is 0.750. The highest BCUT2D eigenvalue weighted by Gasteiger charge is 2.65. The average molecular weight is 819 g/mol. The molecule has 3 heterocycles. The molecule has 0 aromatic heterocycles. The Hall–Kier alpha value is -0.680. The van der Waals surface area contributed by atoms with Gasteiger partial charge in [0.2, 0.25) is 19.5 Å². The van der Waals surface area contributed by atoms with Crippen LogP contribution in [0.5, 0.6) is 0 Å². The van der Waals surface area contributed by atoms with Crippen LogP contribution in [0.1, 0.15) is 0 Å². The molecule has 26 heteroatoms. The van der Waals surface area contributed by atoms with E-state index in [1.807, 2.05) is 0 Å². The fourth-order valence-electron chi connectivity index (χ4n) is 3.73. The Kier molecular flexibility index (Phi) is 12.3. The molecule has 15 nitrogen and oxygen atoms in total. The second-order valence-corrected chi connectivity index (χ2v) is 15.3. The van der Waals surface area contributed by atoms with Gasteiger partial charge in [-0.15, -0.1) is 0 Å². The van der Waals surface area contributed by atoms with Crippen LogP contribution in [0.4, 0.5) is 18.0 Å². The van der Waals surface area contributed by atoms with E-state index in [0.29, 0.717) is 0 Å². The quantitative estimate of drug-likeness (QED) is 0.216. The molecule has 5 atom stereocenters. The Morgan fingerprint density at radius 3 is 2.19 bits per heavy atom. The molecule has 242 valence electrons. The summed E-state index contributed by atoms with van der Waals surface area (Å²) in [6, 6.07) is -2.40. The summed E-state index contributed by atoms with van der Waals surface area (Å²) in [4.78, 5) is 31.4. The third kappa shape index (κ3) is 9.91. The van der Waals surface area contributed by atoms with Crippen molar-refractivity contribution < 1.29 is 50.3 Å². The molecule has 1 fully saturated rings. The number of ether oxygens (including phenoxy) is 1. The first-order valence-corrected chi connectivity index (χ1v) is 15.5. The zero-order valence-electron chi connectivity index (χ0n) is 20.1. The number of alkyl carbamates (subject to hydrolysis) is 1.